The monoisotopic (exact) mass is 242 g/mol. The van der Waals surface area contributed by atoms with Crippen molar-refractivity contribution in [3.63, 3.8) is 0 Å². The van der Waals surface area contributed by atoms with Crippen molar-refractivity contribution in [1.82, 2.24) is 0 Å². The van der Waals surface area contributed by atoms with E-state index in [-0.39, 0.29) is 0 Å². The summed E-state index contributed by atoms with van der Waals surface area (Å²) in [6, 6.07) is 0. The zero-order chi connectivity index (χ0) is 13.4. The van der Waals surface area contributed by atoms with Crippen LogP contribution in [-0.4, -0.2) is 6.61 Å². The lowest BCUT2D eigenvalue weighted by molar-refractivity contribution is 0.274. The molecule has 0 radical (unpaired) electrons. The minimum absolute atomic E-state index is 0.425. The van der Waals surface area contributed by atoms with Gasteiger partial charge in [0.05, 0.1) is 0 Å². The smallest absolute Gasteiger partial charge is 0.143 e. The Labute approximate surface area is 107 Å². The summed E-state index contributed by atoms with van der Waals surface area (Å²) in [5, 5.41) is 0.425. The van der Waals surface area contributed by atoms with Crippen LogP contribution in [0.25, 0.3) is 0 Å². The van der Waals surface area contributed by atoms with Crippen molar-refractivity contribution < 1.29 is 4.74 Å². The fraction of sp³-hybridized carbons (Fsp3) is 0.429. The van der Waals surface area contributed by atoms with Gasteiger partial charge in [0, 0.05) is 0 Å². The first-order chi connectivity index (χ1) is 7.70. The highest BCUT2D eigenvalue weighted by atomic mass is 32.1. The summed E-state index contributed by atoms with van der Waals surface area (Å²) in [7, 11) is 0. The lowest BCUT2D eigenvalue weighted by Crippen LogP contribution is -1.92. The fourth-order valence-corrected chi connectivity index (χ4v) is 0.748. The van der Waals surface area contributed by atoms with Crippen LogP contribution in [0.4, 0.5) is 0 Å². The van der Waals surface area contributed by atoms with E-state index in [1.807, 2.05) is 52.8 Å². The normalized spacial score (nSPS) is 9.50. The van der Waals surface area contributed by atoms with Crippen LogP contribution in [0.15, 0.2) is 48.1 Å². The van der Waals surface area contributed by atoms with Crippen LogP contribution in [0.2, 0.25) is 0 Å². The molecule has 0 aromatic heterocycles. The summed E-state index contributed by atoms with van der Waals surface area (Å²) in [5.41, 5.74) is 1.04. The van der Waals surface area contributed by atoms with Gasteiger partial charge in [0.25, 0.3) is 0 Å². The van der Waals surface area contributed by atoms with Crippen molar-refractivity contribution in [3.05, 3.63) is 48.1 Å². The molecule has 0 saturated heterocycles. The number of thiol groups is 1. The molecule has 0 fully saturated rings. The highest BCUT2D eigenvalue weighted by Gasteiger charge is 1.91. The largest absolute Gasteiger partial charge is 0.484 e. The predicted molar refractivity (Wildman–Crippen MR) is 79.9 cm³/mol. The first kappa shape index (κ1) is 20.5. The van der Waals surface area contributed by atoms with Gasteiger partial charge >= 0.3 is 0 Å². The standard InChI is InChI=1S/C10H14OS.2C2H6/c1-4-6-10(7-5-2)8-11-9(3)12;2*1-2/h4-7,12H,1,3,8H2,2H3;2*1-2H3/b7-5-,10-6+;;. The van der Waals surface area contributed by atoms with E-state index in [4.69, 9.17) is 4.74 Å². The molecule has 0 aromatic carbocycles. The Balaban J connectivity index is -0.000000376. The van der Waals surface area contributed by atoms with Gasteiger partial charge in [0.15, 0.2) is 0 Å². The zero-order valence-electron chi connectivity index (χ0n) is 11.3. The maximum Gasteiger partial charge on any atom is 0.143 e. The van der Waals surface area contributed by atoms with Gasteiger partial charge in [-0.05, 0) is 19.1 Å². The minimum Gasteiger partial charge on any atom is -0.484 e. The molecule has 0 saturated carbocycles. The summed E-state index contributed by atoms with van der Waals surface area (Å²) < 4.78 is 5.11. The van der Waals surface area contributed by atoms with Gasteiger partial charge in [-0.3, -0.25) is 0 Å². The quantitative estimate of drug-likeness (QED) is 0.399. The topological polar surface area (TPSA) is 9.23 Å². The van der Waals surface area contributed by atoms with Gasteiger partial charge in [-0.25, -0.2) is 0 Å². The molecule has 2 heteroatoms. The predicted octanol–water partition coefficient (Wildman–Crippen LogP) is 5.14. The van der Waals surface area contributed by atoms with Gasteiger partial charge in [0.1, 0.15) is 11.7 Å². The zero-order valence-corrected chi connectivity index (χ0v) is 12.2. The number of hydrogen-bond donors (Lipinski definition) is 1. The second-order valence-corrected chi connectivity index (χ2v) is 2.66. The molecule has 0 unspecified atom stereocenters. The molecule has 94 valence electrons. The Hall–Kier alpha value is -0.890. The maximum atomic E-state index is 5.11. The van der Waals surface area contributed by atoms with Crippen LogP contribution >= 0.6 is 12.6 Å². The lowest BCUT2D eigenvalue weighted by atomic mass is 10.2. The van der Waals surface area contributed by atoms with Crippen LogP contribution in [-0.2, 0) is 4.74 Å². The Kier molecular flexibility index (Phi) is 25.2. The molecule has 0 heterocycles. The molecule has 0 aliphatic rings. The van der Waals surface area contributed by atoms with Crippen LogP contribution in [0, 0.1) is 0 Å². The summed E-state index contributed by atoms with van der Waals surface area (Å²) in [4.78, 5) is 0. The van der Waals surface area contributed by atoms with Gasteiger partial charge in [-0.1, -0.05) is 58.6 Å². The Morgan fingerprint density at radius 3 is 2.06 bits per heavy atom. The molecule has 0 aliphatic heterocycles. The number of allylic oxidation sites excluding steroid dienone is 3. The van der Waals surface area contributed by atoms with Crippen molar-refractivity contribution in [3.8, 4) is 0 Å². The molecule has 0 amide bonds. The van der Waals surface area contributed by atoms with Crippen molar-refractivity contribution in [2.45, 2.75) is 34.6 Å². The van der Waals surface area contributed by atoms with E-state index in [1.54, 1.807) is 6.08 Å². The van der Waals surface area contributed by atoms with Crippen LogP contribution < -0.4 is 0 Å². The van der Waals surface area contributed by atoms with Gasteiger partial charge in [-0.2, -0.15) is 0 Å². The van der Waals surface area contributed by atoms with E-state index in [0.717, 1.165) is 5.57 Å². The first-order valence-electron chi connectivity index (χ1n) is 5.65. The molecule has 0 atom stereocenters. The second kappa shape index (κ2) is 19.6. The highest BCUT2D eigenvalue weighted by molar-refractivity contribution is 7.84. The first-order valence-corrected chi connectivity index (χ1v) is 6.10. The molecule has 0 aliphatic carbocycles. The molecule has 0 aromatic rings. The minimum atomic E-state index is 0.425. The van der Waals surface area contributed by atoms with E-state index < -0.39 is 0 Å². The number of ether oxygens (including phenoxy) is 1. The maximum absolute atomic E-state index is 5.11. The average molecular weight is 242 g/mol. The lowest BCUT2D eigenvalue weighted by Gasteiger charge is -2.03. The number of rotatable bonds is 5. The van der Waals surface area contributed by atoms with Crippen LogP contribution in [0.1, 0.15) is 34.6 Å². The van der Waals surface area contributed by atoms with E-state index >= 15 is 0 Å². The van der Waals surface area contributed by atoms with Gasteiger partial charge in [-0.15, -0.1) is 12.6 Å². The summed E-state index contributed by atoms with van der Waals surface area (Å²) in [6.07, 6.45) is 7.51. The highest BCUT2D eigenvalue weighted by Crippen LogP contribution is 2.04. The second-order valence-electron chi connectivity index (χ2n) is 2.16. The summed E-state index contributed by atoms with van der Waals surface area (Å²) in [6.45, 7) is 17.6. The van der Waals surface area contributed by atoms with Crippen molar-refractivity contribution in [2.24, 2.45) is 0 Å². The molecular weight excluding hydrogens is 216 g/mol. The summed E-state index contributed by atoms with van der Waals surface area (Å²) in [5.74, 6) is 0. The molecule has 0 N–H and O–H groups in total. The number of hydrogen-bond acceptors (Lipinski definition) is 2. The van der Waals surface area contributed by atoms with E-state index in [0.29, 0.717) is 11.7 Å². The van der Waals surface area contributed by atoms with E-state index in [9.17, 15) is 0 Å². The van der Waals surface area contributed by atoms with Crippen molar-refractivity contribution >= 4 is 12.6 Å². The van der Waals surface area contributed by atoms with E-state index in [2.05, 4.69) is 25.8 Å². The Morgan fingerprint density at radius 2 is 1.75 bits per heavy atom. The van der Waals surface area contributed by atoms with Gasteiger partial charge in [0.2, 0.25) is 0 Å². The molecular formula is C14H26OS. The van der Waals surface area contributed by atoms with Crippen LogP contribution in [0.3, 0.4) is 0 Å². The Morgan fingerprint density at radius 1 is 1.25 bits per heavy atom. The fourth-order valence-electron chi connectivity index (χ4n) is 0.684. The third-order valence-corrected chi connectivity index (χ3v) is 1.25. The van der Waals surface area contributed by atoms with Crippen LogP contribution in [0.5, 0.6) is 0 Å². The molecule has 0 bridgehead atoms. The average Bonchev–Trinajstić information content (AvgIpc) is 2.32. The third-order valence-electron chi connectivity index (χ3n) is 1.12. The van der Waals surface area contributed by atoms with Crippen molar-refractivity contribution in [2.75, 3.05) is 6.61 Å². The summed E-state index contributed by atoms with van der Waals surface area (Å²) >= 11 is 3.92. The third kappa shape index (κ3) is 18.8. The Bertz CT molecular complexity index is 215. The molecule has 16 heavy (non-hydrogen) atoms. The SMILES string of the molecule is C=C/C=C(\C=C/C)COC(=C)S.CC.CC. The molecule has 0 rings (SSSR count). The van der Waals surface area contributed by atoms with Crippen molar-refractivity contribution in [1.29, 1.82) is 0 Å². The molecule has 1 nitrogen and oxygen atoms in total. The van der Waals surface area contributed by atoms with Gasteiger partial charge < -0.3 is 4.74 Å². The van der Waals surface area contributed by atoms with E-state index in [1.165, 1.54) is 0 Å². The molecule has 0 spiro atoms.